The highest BCUT2D eigenvalue weighted by atomic mass is 19.1. The largest absolute Gasteiger partial charge is 0.377 e. The minimum atomic E-state index is -0.666. The fraction of sp³-hybridized carbons (Fsp3) is 0.176. The number of rotatable bonds is 4. The van der Waals surface area contributed by atoms with Crippen molar-refractivity contribution in [1.82, 2.24) is 0 Å². The van der Waals surface area contributed by atoms with Gasteiger partial charge in [-0.3, -0.25) is 4.79 Å². The van der Waals surface area contributed by atoms with Crippen LogP contribution >= 0.6 is 0 Å². The molecule has 3 nitrogen and oxygen atoms in total. The number of hydrogen-bond donors (Lipinski definition) is 1. The summed E-state index contributed by atoms with van der Waals surface area (Å²) in [4.78, 5) is 11.4. The molecule has 5 heteroatoms. The van der Waals surface area contributed by atoms with Crippen LogP contribution in [-0.4, -0.2) is 5.78 Å². The van der Waals surface area contributed by atoms with E-state index in [-0.39, 0.29) is 11.3 Å². The number of halogens is 2. The molecule has 0 amide bonds. The van der Waals surface area contributed by atoms with Gasteiger partial charge in [0.05, 0.1) is 17.3 Å². The molecular formula is C17H14F2N2O. The molecule has 0 fully saturated rings. The van der Waals surface area contributed by atoms with Crippen molar-refractivity contribution in [3.05, 3.63) is 64.7 Å². The lowest BCUT2D eigenvalue weighted by Crippen LogP contribution is -2.10. The van der Waals surface area contributed by atoms with Crippen LogP contribution in [0.2, 0.25) is 0 Å². The standard InChI is InChI=1S/C17H14F2N2O/c1-10(15-6-5-14(18)8-16(15)19)21-17-7-12(11(2)22)3-4-13(17)9-20/h3-8,10,21H,1-2H3. The molecule has 1 N–H and O–H groups in total. The lowest BCUT2D eigenvalue weighted by Gasteiger charge is -2.18. The van der Waals surface area contributed by atoms with Gasteiger partial charge < -0.3 is 5.32 Å². The summed E-state index contributed by atoms with van der Waals surface area (Å²) < 4.78 is 26.8. The maximum absolute atomic E-state index is 13.8. The summed E-state index contributed by atoms with van der Waals surface area (Å²) in [7, 11) is 0. The van der Waals surface area contributed by atoms with Crippen molar-refractivity contribution < 1.29 is 13.6 Å². The molecule has 1 atom stereocenters. The summed E-state index contributed by atoms with van der Waals surface area (Å²) in [5.74, 6) is -1.45. The van der Waals surface area contributed by atoms with Crippen LogP contribution in [0.1, 0.15) is 41.4 Å². The molecule has 0 aliphatic rings. The van der Waals surface area contributed by atoms with E-state index in [9.17, 15) is 13.6 Å². The highest BCUT2D eigenvalue weighted by Gasteiger charge is 2.14. The molecule has 22 heavy (non-hydrogen) atoms. The number of hydrogen-bond acceptors (Lipinski definition) is 3. The molecular weight excluding hydrogens is 286 g/mol. The number of ketones is 1. The Hall–Kier alpha value is -2.74. The highest BCUT2D eigenvalue weighted by Crippen LogP contribution is 2.25. The van der Waals surface area contributed by atoms with Gasteiger partial charge in [-0.15, -0.1) is 0 Å². The number of anilines is 1. The van der Waals surface area contributed by atoms with E-state index < -0.39 is 17.7 Å². The lowest BCUT2D eigenvalue weighted by molar-refractivity contribution is 0.101. The van der Waals surface area contributed by atoms with E-state index in [2.05, 4.69) is 5.32 Å². The first-order valence-corrected chi connectivity index (χ1v) is 6.69. The second-order valence-electron chi connectivity index (χ2n) is 4.96. The molecule has 0 heterocycles. The van der Waals surface area contributed by atoms with Crippen LogP contribution < -0.4 is 5.32 Å². The number of benzene rings is 2. The fourth-order valence-electron chi connectivity index (χ4n) is 2.14. The molecule has 0 saturated heterocycles. The van der Waals surface area contributed by atoms with Gasteiger partial charge in [-0.2, -0.15) is 5.26 Å². The summed E-state index contributed by atoms with van der Waals surface area (Å²) in [5.41, 5.74) is 1.51. The third-order valence-corrected chi connectivity index (χ3v) is 3.35. The number of nitrogens with one attached hydrogen (secondary N) is 1. The monoisotopic (exact) mass is 300 g/mol. The maximum Gasteiger partial charge on any atom is 0.159 e. The smallest absolute Gasteiger partial charge is 0.159 e. The average molecular weight is 300 g/mol. The first kappa shape index (κ1) is 15.6. The summed E-state index contributed by atoms with van der Waals surface area (Å²) in [6, 6.07) is 9.51. The molecule has 0 spiro atoms. The minimum Gasteiger partial charge on any atom is -0.377 e. The zero-order valence-electron chi connectivity index (χ0n) is 12.2. The predicted octanol–water partition coefficient (Wildman–Crippen LogP) is 4.21. The van der Waals surface area contributed by atoms with Gasteiger partial charge >= 0.3 is 0 Å². The van der Waals surface area contributed by atoms with Crippen LogP contribution in [0, 0.1) is 23.0 Å². The number of Topliss-reactive ketones (excluding diaryl/α,β-unsaturated/α-hetero) is 1. The van der Waals surface area contributed by atoms with Crippen LogP contribution in [-0.2, 0) is 0 Å². The van der Waals surface area contributed by atoms with Gasteiger partial charge in [0.15, 0.2) is 5.78 Å². The van der Waals surface area contributed by atoms with Crippen molar-refractivity contribution in [2.45, 2.75) is 19.9 Å². The van der Waals surface area contributed by atoms with E-state index in [1.54, 1.807) is 19.1 Å². The van der Waals surface area contributed by atoms with Gasteiger partial charge in [0.25, 0.3) is 0 Å². The third-order valence-electron chi connectivity index (χ3n) is 3.35. The fourth-order valence-corrected chi connectivity index (χ4v) is 2.14. The van der Waals surface area contributed by atoms with Gasteiger partial charge in [-0.05, 0) is 38.1 Å². The zero-order valence-corrected chi connectivity index (χ0v) is 12.2. The molecule has 2 aromatic carbocycles. The predicted molar refractivity (Wildman–Crippen MR) is 79.6 cm³/mol. The van der Waals surface area contributed by atoms with E-state index in [1.165, 1.54) is 25.1 Å². The molecule has 0 radical (unpaired) electrons. The number of carbonyl (C=O) groups excluding carboxylic acids is 1. The van der Waals surface area contributed by atoms with Crippen molar-refractivity contribution in [3.8, 4) is 6.07 Å². The molecule has 2 rings (SSSR count). The molecule has 2 aromatic rings. The van der Waals surface area contributed by atoms with Crippen molar-refractivity contribution >= 4 is 11.5 Å². The van der Waals surface area contributed by atoms with E-state index >= 15 is 0 Å². The van der Waals surface area contributed by atoms with Gasteiger partial charge in [0, 0.05) is 17.2 Å². The Morgan fingerprint density at radius 3 is 2.55 bits per heavy atom. The van der Waals surface area contributed by atoms with Crippen LogP contribution in [0.25, 0.3) is 0 Å². The van der Waals surface area contributed by atoms with Gasteiger partial charge in [-0.25, -0.2) is 8.78 Å². The second-order valence-corrected chi connectivity index (χ2v) is 4.96. The van der Waals surface area contributed by atoms with Crippen LogP contribution in [0.3, 0.4) is 0 Å². The van der Waals surface area contributed by atoms with Crippen molar-refractivity contribution in [2.24, 2.45) is 0 Å². The molecule has 0 bridgehead atoms. The molecule has 0 saturated carbocycles. The first-order chi connectivity index (χ1) is 10.4. The average Bonchev–Trinajstić information content (AvgIpc) is 2.46. The van der Waals surface area contributed by atoms with Crippen molar-refractivity contribution in [3.63, 3.8) is 0 Å². The van der Waals surface area contributed by atoms with Gasteiger partial charge in [0.2, 0.25) is 0 Å². The normalized spacial score (nSPS) is 11.6. The van der Waals surface area contributed by atoms with Gasteiger partial charge in [0.1, 0.15) is 17.7 Å². The van der Waals surface area contributed by atoms with E-state index in [0.717, 1.165) is 6.07 Å². The SMILES string of the molecule is CC(=O)c1ccc(C#N)c(NC(C)c2ccc(F)cc2F)c1. The molecule has 0 aliphatic carbocycles. The summed E-state index contributed by atoms with van der Waals surface area (Å²) in [5, 5.41) is 12.1. The van der Waals surface area contributed by atoms with Gasteiger partial charge in [-0.1, -0.05) is 6.07 Å². The van der Waals surface area contributed by atoms with Crippen LogP contribution in [0.5, 0.6) is 0 Å². The Bertz CT molecular complexity index is 766. The molecule has 1 unspecified atom stereocenters. The Morgan fingerprint density at radius 2 is 1.95 bits per heavy atom. The third kappa shape index (κ3) is 3.29. The number of nitriles is 1. The molecule has 0 aromatic heterocycles. The second kappa shape index (κ2) is 6.35. The van der Waals surface area contributed by atoms with Crippen molar-refractivity contribution in [1.29, 1.82) is 5.26 Å². The van der Waals surface area contributed by atoms with E-state index in [1.807, 2.05) is 6.07 Å². The number of nitrogens with zero attached hydrogens (tertiary/aromatic N) is 1. The maximum atomic E-state index is 13.8. The Balaban J connectivity index is 2.35. The lowest BCUT2D eigenvalue weighted by atomic mass is 10.0. The van der Waals surface area contributed by atoms with Crippen molar-refractivity contribution in [2.75, 3.05) is 5.32 Å². The summed E-state index contributed by atoms with van der Waals surface area (Å²) in [6.07, 6.45) is 0. The molecule has 112 valence electrons. The van der Waals surface area contributed by atoms with Crippen LogP contribution in [0.4, 0.5) is 14.5 Å². The Labute approximate surface area is 127 Å². The number of carbonyl (C=O) groups is 1. The zero-order chi connectivity index (χ0) is 16.3. The summed E-state index contributed by atoms with van der Waals surface area (Å²) in [6.45, 7) is 3.12. The quantitative estimate of drug-likeness (QED) is 0.860. The minimum absolute atomic E-state index is 0.131. The Kier molecular flexibility index (Phi) is 4.52. The van der Waals surface area contributed by atoms with E-state index in [0.29, 0.717) is 16.8 Å². The molecule has 0 aliphatic heterocycles. The topological polar surface area (TPSA) is 52.9 Å². The van der Waals surface area contributed by atoms with Crippen LogP contribution in [0.15, 0.2) is 36.4 Å². The Morgan fingerprint density at radius 1 is 1.23 bits per heavy atom. The highest BCUT2D eigenvalue weighted by molar-refractivity contribution is 5.95. The summed E-state index contributed by atoms with van der Waals surface area (Å²) >= 11 is 0. The van der Waals surface area contributed by atoms with E-state index in [4.69, 9.17) is 5.26 Å². The first-order valence-electron chi connectivity index (χ1n) is 6.69.